The number of aryl methyl sites for hydroxylation is 1. The van der Waals surface area contributed by atoms with Gasteiger partial charge in [0.25, 0.3) is 0 Å². The minimum absolute atomic E-state index is 0.0399. The van der Waals surface area contributed by atoms with Crippen LogP contribution < -0.4 is 10.6 Å². The van der Waals surface area contributed by atoms with Gasteiger partial charge in [0.05, 0.1) is 18.7 Å². The second kappa shape index (κ2) is 7.14. The van der Waals surface area contributed by atoms with Gasteiger partial charge >= 0.3 is 6.03 Å². The lowest BCUT2D eigenvalue weighted by Crippen LogP contribution is -2.44. The molecule has 19 heavy (non-hydrogen) atoms. The van der Waals surface area contributed by atoms with Crippen molar-refractivity contribution in [1.29, 1.82) is 0 Å². The van der Waals surface area contributed by atoms with E-state index in [1.54, 1.807) is 0 Å². The van der Waals surface area contributed by atoms with Crippen molar-refractivity contribution in [3.05, 3.63) is 34.9 Å². The summed E-state index contributed by atoms with van der Waals surface area (Å²) in [5.41, 5.74) is 3.53. The van der Waals surface area contributed by atoms with Crippen molar-refractivity contribution in [2.75, 3.05) is 6.61 Å². The van der Waals surface area contributed by atoms with Gasteiger partial charge in [0.1, 0.15) is 0 Å². The van der Waals surface area contributed by atoms with Crippen LogP contribution >= 0.6 is 0 Å². The van der Waals surface area contributed by atoms with Crippen molar-refractivity contribution >= 4 is 6.03 Å². The Kier molecular flexibility index (Phi) is 5.83. The molecule has 0 aliphatic carbocycles. The summed E-state index contributed by atoms with van der Waals surface area (Å²) in [7, 11) is 0. The van der Waals surface area contributed by atoms with Crippen LogP contribution in [0.5, 0.6) is 0 Å². The number of hydrogen-bond acceptors (Lipinski definition) is 2. The van der Waals surface area contributed by atoms with Crippen molar-refractivity contribution in [1.82, 2.24) is 10.6 Å². The van der Waals surface area contributed by atoms with Gasteiger partial charge in [-0.1, -0.05) is 25.1 Å². The average molecular weight is 264 g/mol. The first-order valence-electron chi connectivity index (χ1n) is 6.73. The number of carbonyl (C=O) groups excluding carboxylic acids is 1. The van der Waals surface area contributed by atoms with Crippen LogP contribution in [-0.2, 0) is 0 Å². The lowest BCUT2D eigenvalue weighted by molar-refractivity contribution is 0.212. The van der Waals surface area contributed by atoms with Gasteiger partial charge in [-0.05, 0) is 43.9 Å². The predicted molar refractivity (Wildman–Crippen MR) is 77.2 cm³/mol. The molecule has 0 bridgehead atoms. The van der Waals surface area contributed by atoms with Crippen LogP contribution in [-0.4, -0.2) is 23.8 Å². The van der Waals surface area contributed by atoms with E-state index in [-0.39, 0.29) is 24.7 Å². The molecule has 106 valence electrons. The van der Waals surface area contributed by atoms with Crippen molar-refractivity contribution in [3.8, 4) is 0 Å². The zero-order valence-electron chi connectivity index (χ0n) is 12.2. The van der Waals surface area contributed by atoms with Gasteiger partial charge in [-0.15, -0.1) is 0 Å². The van der Waals surface area contributed by atoms with Crippen molar-refractivity contribution in [2.24, 2.45) is 0 Å². The largest absolute Gasteiger partial charge is 0.394 e. The highest BCUT2D eigenvalue weighted by molar-refractivity contribution is 5.74. The number of hydrogen-bond donors (Lipinski definition) is 3. The Morgan fingerprint density at radius 1 is 1.32 bits per heavy atom. The monoisotopic (exact) mass is 264 g/mol. The van der Waals surface area contributed by atoms with Gasteiger partial charge in [-0.25, -0.2) is 4.79 Å². The SMILES string of the molecule is CCC(CO)NC(=O)NC(C)c1cccc(C)c1C. The molecule has 0 aromatic heterocycles. The molecule has 0 radical (unpaired) electrons. The summed E-state index contributed by atoms with van der Waals surface area (Å²) in [6.07, 6.45) is 0.710. The van der Waals surface area contributed by atoms with E-state index in [9.17, 15) is 4.79 Å². The van der Waals surface area contributed by atoms with E-state index >= 15 is 0 Å². The number of benzene rings is 1. The molecule has 0 aliphatic rings. The van der Waals surface area contributed by atoms with Gasteiger partial charge in [0.15, 0.2) is 0 Å². The van der Waals surface area contributed by atoms with Crippen LogP contribution in [0.3, 0.4) is 0 Å². The van der Waals surface area contributed by atoms with Crippen molar-refractivity contribution < 1.29 is 9.90 Å². The Hall–Kier alpha value is -1.55. The Bertz CT molecular complexity index is 428. The maximum atomic E-state index is 11.8. The van der Waals surface area contributed by atoms with Crippen LogP contribution in [0.15, 0.2) is 18.2 Å². The number of carbonyl (C=O) groups is 1. The molecule has 1 aromatic carbocycles. The first kappa shape index (κ1) is 15.5. The summed E-state index contributed by atoms with van der Waals surface area (Å²) in [6, 6.07) is 5.59. The number of aliphatic hydroxyl groups excluding tert-OH is 1. The first-order valence-corrected chi connectivity index (χ1v) is 6.73. The number of aliphatic hydroxyl groups is 1. The summed E-state index contributed by atoms with van der Waals surface area (Å²) in [5.74, 6) is 0. The third-order valence-corrected chi connectivity index (χ3v) is 3.51. The molecule has 3 N–H and O–H groups in total. The van der Waals surface area contributed by atoms with Gasteiger partial charge in [0, 0.05) is 0 Å². The van der Waals surface area contributed by atoms with E-state index < -0.39 is 0 Å². The van der Waals surface area contributed by atoms with E-state index in [0.29, 0.717) is 6.42 Å². The molecule has 0 heterocycles. The Morgan fingerprint density at radius 2 is 2.00 bits per heavy atom. The molecule has 2 unspecified atom stereocenters. The Morgan fingerprint density at radius 3 is 2.58 bits per heavy atom. The molecule has 0 saturated carbocycles. The van der Waals surface area contributed by atoms with Crippen LogP contribution in [0.25, 0.3) is 0 Å². The number of urea groups is 1. The number of amides is 2. The maximum absolute atomic E-state index is 11.8. The van der Waals surface area contributed by atoms with E-state index in [2.05, 4.69) is 30.5 Å². The van der Waals surface area contributed by atoms with Gasteiger partial charge in [0.2, 0.25) is 0 Å². The molecule has 0 aliphatic heterocycles. The molecule has 0 fully saturated rings. The smallest absolute Gasteiger partial charge is 0.315 e. The summed E-state index contributed by atoms with van der Waals surface area (Å²) in [6.45, 7) is 7.96. The molecule has 2 atom stereocenters. The lowest BCUT2D eigenvalue weighted by Gasteiger charge is -2.20. The highest BCUT2D eigenvalue weighted by Gasteiger charge is 2.14. The van der Waals surface area contributed by atoms with E-state index in [4.69, 9.17) is 5.11 Å². The zero-order valence-corrected chi connectivity index (χ0v) is 12.2. The molecular weight excluding hydrogens is 240 g/mol. The zero-order chi connectivity index (χ0) is 14.4. The van der Waals surface area contributed by atoms with E-state index in [1.807, 2.05) is 26.0 Å². The van der Waals surface area contributed by atoms with Gasteiger partial charge < -0.3 is 15.7 Å². The fourth-order valence-electron chi connectivity index (χ4n) is 2.02. The van der Waals surface area contributed by atoms with E-state index in [0.717, 1.165) is 5.56 Å². The van der Waals surface area contributed by atoms with Crippen LogP contribution in [0, 0.1) is 13.8 Å². The molecule has 1 rings (SSSR count). The topological polar surface area (TPSA) is 61.4 Å². The highest BCUT2D eigenvalue weighted by atomic mass is 16.3. The molecule has 4 nitrogen and oxygen atoms in total. The summed E-state index contributed by atoms with van der Waals surface area (Å²) < 4.78 is 0. The third kappa shape index (κ3) is 4.24. The fourth-order valence-corrected chi connectivity index (χ4v) is 2.02. The molecule has 0 spiro atoms. The normalized spacial score (nSPS) is 13.7. The first-order chi connectivity index (χ1) is 8.99. The molecule has 4 heteroatoms. The summed E-state index contributed by atoms with van der Waals surface area (Å²) in [4.78, 5) is 11.8. The number of nitrogens with one attached hydrogen (secondary N) is 2. The predicted octanol–water partition coefficient (Wildman–Crippen LogP) is 2.43. The van der Waals surface area contributed by atoms with E-state index in [1.165, 1.54) is 11.1 Å². The van der Waals surface area contributed by atoms with Crippen LogP contribution in [0.1, 0.15) is 43.0 Å². The minimum atomic E-state index is -0.241. The second-order valence-electron chi connectivity index (χ2n) is 4.92. The summed E-state index contributed by atoms with van der Waals surface area (Å²) in [5, 5.41) is 14.7. The van der Waals surface area contributed by atoms with Gasteiger partial charge in [-0.3, -0.25) is 0 Å². The third-order valence-electron chi connectivity index (χ3n) is 3.51. The minimum Gasteiger partial charge on any atom is -0.394 e. The highest BCUT2D eigenvalue weighted by Crippen LogP contribution is 2.19. The molecule has 1 aromatic rings. The summed E-state index contributed by atoms with van der Waals surface area (Å²) >= 11 is 0. The standard InChI is InChI=1S/C15H24N2O2/c1-5-13(9-18)17-15(19)16-12(4)14-8-6-7-10(2)11(14)3/h6-8,12-13,18H,5,9H2,1-4H3,(H2,16,17,19). The fraction of sp³-hybridized carbons (Fsp3) is 0.533. The maximum Gasteiger partial charge on any atom is 0.315 e. The molecular formula is C15H24N2O2. The quantitative estimate of drug-likeness (QED) is 0.765. The molecule has 2 amide bonds. The lowest BCUT2D eigenvalue weighted by atomic mass is 9.98. The molecule has 0 saturated heterocycles. The Labute approximate surface area is 115 Å². The van der Waals surface area contributed by atoms with Crippen LogP contribution in [0.2, 0.25) is 0 Å². The van der Waals surface area contributed by atoms with Crippen molar-refractivity contribution in [3.63, 3.8) is 0 Å². The van der Waals surface area contributed by atoms with Crippen LogP contribution in [0.4, 0.5) is 4.79 Å². The average Bonchev–Trinajstić information content (AvgIpc) is 2.38. The number of rotatable bonds is 5. The van der Waals surface area contributed by atoms with Gasteiger partial charge in [-0.2, -0.15) is 0 Å². The Balaban J connectivity index is 2.66. The van der Waals surface area contributed by atoms with Crippen molar-refractivity contribution in [2.45, 2.75) is 46.2 Å². The second-order valence-corrected chi connectivity index (χ2v) is 4.92.